The van der Waals surface area contributed by atoms with E-state index in [4.69, 9.17) is 4.74 Å². The van der Waals surface area contributed by atoms with Crippen molar-refractivity contribution in [3.63, 3.8) is 0 Å². The standard InChI is InChI=1S/C11H20N2O2/c14-11-4-2-1-3-10(12-11)9-13-5-7-15-8-6-13/h10H,1-9H2,(H,12,14). The van der Waals surface area contributed by atoms with Crippen LogP contribution in [0.1, 0.15) is 25.7 Å². The summed E-state index contributed by atoms with van der Waals surface area (Å²) in [6.45, 7) is 4.68. The lowest BCUT2D eigenvalue weighted by atomic mass is 10.1. The van der Waals surface area contributed by atoms with Crippen molar-refractivity contribution in [2.75, 3.05) is 32.8 Å². The molecule has 2 aliphatic rings. The summed E-state index contributed by atoms with van der Waals surface area (Å²) in [5.74, 6) is 0.228. The molecule has 0 aromatic carbocycles. The van der Waals surface area contributed by atoms with E-state index in [1.54, 1.807) is 0 Å². The Bertz CT molecular complexity index is 215. The molecule has 15 heavy (non-hydrogen) atoms. The molecule has 1 amide bonds. The fraction of sp³-hybridized carbons (Fsp3) is 0.909. The largest absolute Gasteiger partial charge is 0.379 e. The molecule has 86 valence electrons. The number of hydrogen-bond donors (Lipinski definition) is 1. The Morgan fingerprint density at radius 1 is 1.33 bits per heavy atom. The fourth-order valence-corrected chi connectivity index (χ4v) is 2.28. The van der Waals surface area contributed by atoms with Gasteiger partial charge in [-0.25, -0.2) is 0 Å². The maximum atomic E-state index is 11.4. The van der Waals surface area contributed by atoms with Crippen LogP contribution in [0.5, 0.6) is 0 Å². The van der Waals surface area contributed by atoms with Gasteiger partial charge in [0, 0.05) is 32.1 Å². The van der Waals surface area contributed by atoms with Crippen molar-refractivity contribution in [3.8, 4) is 0 Å². The van der Waals surface area contributed by atoms with Crippen LogP contribution in [-0.2, 0) is 9.53 Å². The molecule has 4 heteroatoms. The summed E-state index contributed by atoms with van der Waals surface area (Å²) in [6, 6.07) is 0.359. The number of nitrogens with one attached hydrogen (secondary N) is 1. The van der Waals surface area contributed by atoms with Crippen LogP contribution in [0, 0.1) is 0 Å². The lowest BCUT2D eigenvalue weighted by molar-refractivity contribution is -0.121. The van der Waals surface area contributed by atoms with E-state index in [0.29, 0.717) is 12.5 Å². The van der Waals surface area contributed by atoms with E-state index in [1.165, 1.54) is 6.42 Å². The lowest BCUT2D eigenvalue weighted by Crippen LogP contribution is -2.46. The molecule has 0 aliphatic carbocycles. The third kappa shape index (κ3) is 3.47. The smallest absolute Gasteiger partial charge is 0.220 e. The van der Waals surface area contributed by atoms with Crippen LogP contribution in [0.15, 0.2) is 0 Å². The first kappa shape index (κ1) is 10.9. The lowest BCUT2D eigenvalue weighted by Gasteiger charge is -2.30. The zero-order valence-corrected chi connectivity index (χ0v) is 9.21. The molecule has 2 fully saturated rings. The third-order valence-corrected chi connectivity index (χ3v) is 3.15. The van der Waals surface area contributed by atoms with Gasteiger partial charge >= 0.3 is 0 Å². The second-order valence-corrected chi connectivity index (χ2v) is 4.42. The zero-order valence-electron chi connectivity index (χ0n) is 9.21. The van der Waals surface area contributed by atoms with Gasteiger partial charge in [0.1, 0.15) is 0 Å². The SMILES string of the molecule is O=C1CCCCC(CN2CCOCC2)N1. The van der Waals surface area contributed by atoms with Crippen molar-refractivity contribution >= 4 is 5.91 Å². The molecule has 1 atom stereocenters. The Morgan fingerprint density at radius 3 is 2.93 bits per heavy atom. The van der Waals surface area contributed by atoms with Gasteiger partial charge < -0.3 is 10.1 Å². The van der Waals surface area contributed by atoms with Crippen LogP contribution in [-0.4, -0.2) is 49.7 Å². The monoisotopic (exact) mass is 212 g/mol. The van der Waals surface area contributed by atoms with Crippen LogP contribution in [0.4, 0.5) is 0 Å². The van der Waals surface area contributed by atoms with Crippen molar-refractivity contribution in [1.29, 1.82) is 0 Å². The van der Waals surface area contributed by atoms with Gasteiger partial charge in [-0.15, -0.1) is 0 Å². The molecule has 1 N–H and O–H groups in total. The predicted octanol–water partition coefficient (Wildman–Crippen LogP) is 0.377. The van der Waals surface area contributed by atoms with E-state index in [1.807, 2.05) is 0 Å². The minimum absolute atomic E-state index is 0.228. The van der Waals surface area contributed by atoms with Crippen molar-refractivity contribution < 1.29 is 9.53 Å². The van der Waals surface area contributed by atoms with Crippen LogP contribution in [0.3, 0.4) is 0 Å². The van der Waals surface area contributed by atoms with Gasteiger partial charge in [0.15, 0.2) is 0 Å². The van der Waals surface area contributed by atoms with Crippen LogP contribution < -0.4 is 5.32 Å². The Balaban J connectivity index is 1.78. The second-order valence-electron chi connectivity index (χ2n) is 4.42. The summed E-state index contributed by atoms with van der Waals surface area (Å²) in [6.07, 6.45) is 4.06. The molecule has 0 radical (unpaired) electrons. The first-order valence-corrected chi connectivity index (χ1v) is 5.94. The van der Waals surface area contributed by atoms with E-state index in [9.17, 15) is 4.79 Å². The first-order chi connectivity index (χ1) is 7.34. The van der Waals surface area contributed by atoms with E-state index in [2.05, 4.69) is 10.2 Å². The van der Waals surface area contributed by atoms with E-state index < -0.39 is 0 Å². The minimum atomic E-state index is 0.228. The molecule has 0 bridgehead atoms. The van der Waals surface area contributed by atoms with Crippen molar-refractivity contribution in [2.45, 2.75) is 31.7 Å². The quantitative estimate of drug-likeness (QED) is 0.719. The molecule has 2 aliphatic heterocycles. The molecule has 4 nitrogen and oxygen atoms in total. The van der Waals surface area contributed by atoms with Crippen molar-refractivity contribution in [3.05, 3.63) is 0 Å². The van der Waals surface area contributed by atoms with Gasteiger partial charge in [0.2, 0.25) is 5.91 Å². The minimum Gasteiger partial charge on any atom is -0.379 e. The highest BCUT2D eigenvalue weighted by Crippen LogP contribution is 2.11. The Morgan fingerprint density at radius 2 is 2.13 bits per heavy atom. The molecule has 0 aromatic rings. The molecule has 2 saturated heterocycles. The third-order valence-electron chi connectivity index (χ3n) is 3.15. The van der Waals surface area contributed by atoms with Crippen molar-refractivity contribution in [1.82, 2.24) is 10.2 Å². The Kier molecular flexibility index (Phi) is 3.97. The Hall–Kier alpha value is -0.610. The average molecular weight is 212 g/mol. The topological polar surface area (TPSA) is 41.6 Å². The summed E-state index contributed by atoms with van der Waals surface area (Å²) >= 11 is 0. The van der Waals surface area contributed by atoms with Gasteiger partial charge in [0.25, 0.3) is 0 Å². The summed E-state index contributed by atoms with van der Waals surface area (Å²) in [7, 11) is 0. The number of carbonyl (C=O) groups is 1. The number of ether oxygens (including phenoxy) is 1. The highest BCUT2D eigenvalue weighted by Gasteiger charge is 2.20. The maximum absolute atomic E-state index is 11.4. The molecule has 2 heterocycles. The van der Waals surface area contributed by atoms with Crippen molar-refractivity contribution in [2.24, 2.45) is 0 Å². The highest BCUT2D eigenvalue weighted by molar-refractivity contribution is 5.76. The first-order valence-electron chi connectivity index (χ1n) is 5.94. The molecule has 0 aromatic heterocycles. The normalized spacial score (nSPS) is 29.6. The summed E-state index contributed by atoms with van der Waals surface area (Å²) in [5.41, 5.74) is 0. The molecule has 2 rings (SSSR count). The summed E-state index contributed by atoms with van der Waals surface area (Å²) in [5, 5.41) is 3.10. The van der Waals surface area contributed by atoms with E-state index in [0.717, 1.165) is 45.7 Å². The zero-order chi connectivity index (χ0) is 10.5. The number of rotatable bonds is 2. The number of morpholine rings is 1. The highest BCUT2D eigenvalue weighted by atomic mass is 16.5. The van der Waals surface area contributed by atoms with Gasteiger partial charge in [-0.1, -0.05) is 6.42 Å². The second kappa shape index (κ2) is 5.47. The maximum Gasteiger partial charge on any atom is 0.220 e. The van der Waals surface area contributed by atoms with Gasteiger partial charge in [0.05, 0.1) is 13.2 Å². The molecule has 0 saturated carbocycles. The van der Waals surface area contributed by atoms with E-state index >= 15 is 0 Å². The van der Waals surface area contributed by atoms with Crippen LogP contribution >= 0.6 is 0 Å². The molecule has 1 unspecified atom stereocenters. The molecule has 0 spiro atoms. The summed E-state index contributed by atoms with van der Waals surface area (Å²) in [4.78, 5) is 13.8. The number of hydrogen-bond acceptors (Lipinski definition) is 3. The van der Waals surface area contributed by atoms with Crippen LogP contribution in [0.2, 0.25) is 0 Å². The summed E-state index contributed by atoms with van der Waals surface area (Å²) < 4.78 is 5.31. The Labute approximate surface area is 91.0 Å². The molecular formula is C11H20N2O2. The van der Waals surface area contributed by atoms with Gasteiger partial charge in [-0.2, -0.15) is 0 Å². The van der Waals surface area contributed by atoms with Crippen LogP contribution in [0.25, 0.3) is 0 Å². The number of amides is 1. The molecular weight excluding hydrogens is 192 g/mol. The van der Waals surface area contributed by atoms with E-state index in [-0.39, 0.29) is 5.91 Å². The van der Waals surface area contributed by atoms with Gasteiger partial charge in [-0.3, -0.25) is 9.69 Å². The van der Waals surface area contributed by atoms with Gasteiger partial charge in [-0.05, 0) is 12.8 Å². The predicted molar refractivity (Wildman–Crippen MR) is 57.7 cm³/mol. The fourth-order valence-electron chi connectivity index (χ4n) is 2.28. The number of nitrogens with zero attached hydrogens (tertiary/aromatic N) is 1. The number of carbonyl (C=O) groups excluding carboxylic acids is 1. The average Bonchev–Trinajstić information content (AvgIpc) is 2.44.